The highest BCUT2D eigenvalue weighted by Crippen LogP contribution is 2.42. The van der Waals surface area contributed by atoms with Crippen molar-refractivity contribution in [2.75, 3.05) is 20.3 Å². The summed E-state index contributed by atoms with van der Waals surface area (Å²) >= 11 is 0. The molecule has 4 rings (SSSR count). The van der Waals surface area contributed by atoms with Crippen LogP contribution in [0.2, 0.25) is 0 Å². The van der Waals surface area contributed by atoms with Crippen LogP contribution in [-0.4, -0.2) is 28.7 Å². The molecule has 3 aromatic rings. The zero-order valence-electron chi connectivity index (χ0n) is 20.6. The molecule has 1 aliphatic rings. The molecule has 1 heterocycles. The maximum absolute atomic E-state index is 14.0. The van der Waals surface area contributed by atoms with Gasteiger partial charge in [-0.25, -0.2) is 13.2 Å². The number of hydrogen-bond donors (Lipinski definition) is 0. The number of methoxy groups -OCH3 is 1. The molecule has 0 unspecified atom stereocenters. The fraction of sp³-hybridized carbons (Fsp3) is 0.308. The first kappa shape index (κ1) is 29.6. The summed E-state index contributed by atoms with van der Waals surface area (Å²) in [6, 6.07) is 6.54. The largest absolute Gasteiger partial charge is 0.493 e. The van der Waals surface area contributed by atoms with Crippen molar-refractivity contribution in [3.63, 3.8) is 0 Å². The smallest absolute Gasteiger partial charge is 0.416 e. The highest BCUT2D eigenvalue weighted by atomic mass is 32.2. The van der Waals surface area contributed by atoms with Crippen molar-refractivity contribution in [2.24, 2.45) is 0 Å². The average molecular weight is 596 g/mol. The van der Waals surface area contributed by atoms with Crippen molar-refractivity contribution in [1.29, 1.82) is 0 Å². The topological polar surface area (TPSA) is 61.8 Å². The Hall–Kier alpha value is -3.39. The molecular weight excluding hydrogens is 576 g/mol. The van der Waals surface area contributed by atoms with Crippen LogP contribution >= 0.6 is 0 Å². The lowest BCUT2D eigenvalue weighted by Crippen LogP contribution is -2.19. The molecule has 40 heavy (non-hydrogen) atoms. The Labute approximate surface area is 223 Å². The highest BCUT2D eigenvalue weighted by Gasteiger charge is 2.34. The molecule has 0 saturated heterocycles. The minimum atomic E-state index is -5.12. The highest BCUT2D eigenvalue weighted by molar-refractivity contribution is 7.87. The summed E-state index contributed by atoms with van der Waals surface area (Å²) in [6.45, 7) is 0.350. The summed E-state index contributed by atoms with van der Waals surface area (Å²) in [5, 5.41) is 0. The van der Waals surface area contributed by atoms with Crippen LogP contribution in [0.3, 0.4) is 0 Å². The predicted octanol–water partition coefficient (Wildman–Crippen LogP) is 6.66. The molecule has 0 radical (unpaired) electrons. The van der Waals surface area contributed by atoms with Crippen molar-refractivity contribution < 1.29 is 57.2 Å². The van der Waals surface area contributed by atoms with E-state index in [1.807, 2.05) is 0 Å². The number of alkyl halides is 3. The molecule has 0 amide bonds. The Kier molecular flexibility index (Phi) is 8.31. The molecule has 3 aromatic carbocycles. The van der Waals surface area contributed by atoms with E-state index in [4.69, 9.17) is 9.47 Å². The first-order chi connectivity index (χ1) is 18.8. The molecule has 5 nitrogen and oxygen atoms in total. The van der Waals surface area contributed by atoms with Gasteiger partial charge in [0.1, 0.15) is 10.6 Å². The number of benzene rings is 3. The summed E-state index contributed by atoms with van der Waals surface area (Å²) in [6.07, 6.45) is -3.53. The molecule has 0 saturated carbocycles. The lowest BCUT2D eigenvalue weighted by Gasteiger charge is -2.29. The molecule has 0 fully saturated rings. The standard InChI is InChI=1S/C26H20F8O5S/c1-37-9-2-3-13-11-14(26(32,33)34)4-6-16(13)17-8-10-38-19-12-15(5-7-18(17)19)40(35,36)39-25-23(30)21(28)20(27)22(29)24(25)31/h4-7,11-12,17H,2-3,8-10H2,1H3/t17-/m1/s1. The number of halogens is 8. The third-order valence-electron chi connectivity index (χ3n) is 6.32. The van der Waals surface area contributed by atoms with E-state index in [1.165, 1.54) is 19.2 Å². The second-order valence-electron chi connectivity index (χ2n) is 8.83. The maximum Gasteiger partial charge on any atom is 0.416 e. The molecule has 1 atom stereocenters. The van der Waals surface area contributed by atoms with Crippen LogP contribution in [0.25, 0.3) is 0 Å². The van der Waals surface area contributed by atoms with Crippen molar-refractivity contribution in [3.05, 3.63) is 87.7 Å². The van der Waals surface area contributed by atoms with Crippen LogP contribution in [0.5, 0.6) is 11.5 Å². The van der Waals surface area contributed by atoms with E-state index in [-0.39, 0.29) is 18.8 Å². The van der Waals surface area contributed by atoms with E-state index in [0.717, 1.165) is 24.3 Å². The van der Waals surface area contributed by atoms with E-state index in [2.05, 4.69) is 4.18 Å². The van der Waals surface area contributed by atoms with Gasteiger partial charge in [-0.2, -0.15) is 30.4 Å². The van der Waals surface area contributed by atoms with Gasteiger partial charge in [0, 0.05) is 31.3 Å². The normalized spacial score (nSPS) is 15.5. The summed E-state index contributed by atoms with van der Waals surface area (Å²) < 4.78 is 149. The number of aryl methyl sites for hydroxylation is 1. The Balaban J connectivity index is 1.71. The minimum Gasteiger partial charge on any atom is -0.493 e. The molecule has 216 valence electrons. The number of ether oxygens (including phenoxy) is 2. The SMILES string of the molecule is COCCCc1cc(C(F)(F)F)ccc1[C@H]1CCOc2cc(S(=O)(=O)Oc3c(F)c(F)c(F)c(F)c3F)ccc21. The van der Waals surface area contributed by atoms with E-state index in [1.54, 1.807) is 0 Å². The first-order valence-electron chi connectivity index (χ1n) is 11.7. The molecule has 14 heteroatoms. The van der Waals surface area contributed by atoms with Crippen LogP contribution < -0.4 is 8.92 Å². The van der Waals surface area contributed by atoms with Gasteiger partial charge in [-0.1, -0.05) is 12.1 Å². The van der Waals surface area contributed by atoms with E-state index in [9.17, 15) is 43.5 Å². The number of rotatable bonds is 8. The summed E-state index contributed by atoms with van der Waals surface area (Å²) in [4.78, 5) is -0.719. The monoisotopic (exact) mass is 596 g/mol. The van der Waals surface area contributed by atoms with Crippen LogP contribution in [-0.2, 0) is 27.5 Å². The van der Waals surface area contributed by atoms with Crippen molar-refractivity contribution in [3.8, 4) is 11.5 Å². The van der Waals surface area contributed by atoms with Gasteiger partial charge in [0.25, 0.3) is 0 Å². The van der Waals surface area contributed by atoms with E-state index >= 15 is 0 Å². The Bertz CT molecular complexity index is 1510. The van der Waals surface area contributed by atoms with Crippen LogP contribution in [0.1, 0.15) is 41.0 Å². The predicted molar refractivity (Wildman–Crippen MR) is 124 cm³/mol. The number of hydrogen-bond acceptors (Lipinski definition) is 5. The molecule has 0 spiro atoms. The Morgan fingerprint density at radius 3 is 2.15 bits per heavy atom. The van der Waals surface area contributed by atoms with Gasteiger partial charge in [0.2, 0.25) is 34.8 Å². The zero-order valence-corrected chi connectivity index (χ0v) is 21.4. The minimum absolute atomic E-state index is 0.0129. The van der Waals surface area contributed by atoms with Crippen molar-refractivity contribution in [2.45, 2.75) is 36.3 Å². The van der Waals surface area contributed by atoms with Gasteiger partial charge in [-0.15, -0.1) is 0 Å². The van der Waals surface area contributed by atoms with Gasteiger partial charge >= 0.3 is 16.3 Å². The third kappa shape index (κ3) is 5.73. The molecule has 0 N–H and O–H groups in total. The Morgan fingerprint density at radius 1 is 0.900 bits per heavy atom. The molecular formula is C26H20F8O5S. The fourth-order valence-corrected chi connectivity index (χ4v) is 5.36. The molecule has 0 aliphatic carbocycles. The van der Waals surface area contributed by atoms with Gasteiger partial charge in [0.15, 0.2) is 0 Å². The second kappa shape index (κ2) is 11.2. The van der Waals surface area contributed by atoms with Crippen LogP contribution in [0, 0.1) is 29.1 Å². The summed E-state index contributed by atoms with van der Waals surface area (Å²) in [5.74, 6) is -14.7. The molecule has 1 aliphatic heterocycles. The quantitative estimate of drug-likeness (QED) is 0.0957. The zero-order chi connectivity index (χ0) is 29.4. The lowest BCUT2D eigenvalue weighted by atomic mass is 9.82. The lowest BCUT2D eigenvalue weighted by molar-refractivity contribution is -0.137. The average Bonchev–Trinajstić information content (AvgIpc) is 2.92. The van der Waals surface area contributed by atoms with E-state index in [0.29, 0.717) is 36.1 Å². The van der Waals surface area contributed by atoms with E-state index < -0.39 is 67.5 Å². The van der Waals surface area contributed by atoms with Gasteiger partial charge in [-0.3, -0.25) is 0 Å². The fourth-order valence-electron chi connectivity index (χ4n) is 4.41. The van der Waals surface area contributed by atoms with Crippen LogP contribution in [0.4, 0.5) is 35.1 Å². The third-order valence-corrected chi connectivity index (χ3v) is 7.53. The first-order valence-corrected chi connectivity index (χ1v) is 13.1. The van der Waals surface area contributed by atoms with Crippen LogP contribution in [0.15, 0.2) is 41.3 Å². The van der Waals surface area contributed by atoms with Crippen molar-refractivity contribution >= 4 is 10.1 Å². The molecule has 0 bridgehead atoms. The van der Waals surface area contributed by atoms with Gasteiger partial charge in [0.05, 0.1) is 12.2 Å². The summed E-state index contributed by atoms with van der Waals surface area (Å²) in [7, 11) is -3.66. The number of fused-ring (bicyclic) bond motifs is 1. The van der Waals surface area contributed by atoms with Crippen molar-refractivity contribution in [1.82, 2.24) is 0 Å². The van der Waals surface area contributed by atoms with Gasteiger partial charge < -0.3 is 13.7 Å². The molecule has 0 aromatic heterocycles. The maximum atomic E-state index is 14.0. The second-order valence-corrected chi connectivity index (χ2v) is 10.4. The van der Waals surface area contributed by atoms with Gasteiger partial charge in [-0.05, 0) is 48.6 Å². The summed E-state index contributed by atoms with van der Waals surface area (Å²) in [5.41, 5.74) is 0.551. The Morgan fingerprint density at radius 2 is 1.52 bits per heavy atom.